The van der Waals surface area contributed by atoms with Gasteiger partial charge >= 0.3 is 0 Å². The third-order valence-corrected chi connectivity index (χ3v) is 3.65. The molecule has 1 aromatic heterocycles. The van der Waals surface area contributed by atoms with Crippen LogP contribution in [0.4, 0.5) is 0 Å². The van der Waals surface area contributed by atoms with Gasteiger partial charge in [0.25, 0.3) is 0 Å². The number of ether oxygens (including phenoxy) is 1. The van der Waals surface area contributed by atoms with Crippen molar-refractivity contribution in [2.45, 2.75) is 5.75 Å². The number of thioether (sulfide) groups is 1. The summed E-state index contributed by atoms with van der Waals surface area (Å²) in [5.74, 6) is 1.50. The minimum Gasteiger partial charge on any atom is -0.497 e. The third kappa shape index (κ3) is 1.63. The number of rotatable bonds is 2. The van der Waals surface area contributed by atoms with Crippen molar-refractivity contribution in [1.82, 2.24) is 9.78 Å². The number of nitrogens with zero attached hydrogens (tertiary/aromatic N) is 2. The molecule has 2 heterocycles. The lowest BCUT2D eigenvalue weighted by Crippen LogP contribution is -2.00. The van der Waals surface area contributed by atoms with Gasteiger partial charge in [0.1, 0.15) is 5.75 Å². The van der Waals surface area contributed by atoms with E-state index in [9.17, 15) is 4.79 Å². The fraction of sp³-hybridized carbons (Fsp3) is 0.167. The van der Waals surface area contributed by atoms with Crippen LogP contribution in [0.25, 0.3) is 5.69 Å². The Morgan fingerprint density at radius 1 is 1.35 bits per heavy atom. The third-order valence-electron chi connectivity index (χ3n) is 2.75. The van der Waals surface area contributed by atoms with Gasteiger partial charge in [-0.2, -0.15) is 5.10 Å². The summed E-state index contributed by atoms with van der Waals surface area (Å²) in [6, 6.07) is 7.62. The highest BCUT2D eigenvalue weighted by molar-refractivity contribution is 8.13. The monoisotopic (exact) mass is 246 g/mol. The van der Waals surface area contributed by atoms with Crippen LogP contribution >= 0.6 is 11.8 Å². The normalized spacial score (nSPS) is 13.8. The lowest BCUT2D eigenvalue weighted by Gasteiger charge is -2.05. The summed E-state index contributed by atoms with van der Waals surface area (Å²) in [6.07, 6.45) is 1.64. The topological polar surface area (TPSA) is 44.1 Å². The second-order valence-corrected chi connectivity index (χ2v) is 4.64. The Bertz CT molecular complexity index is 575. The first-order chi connectivity index (χ1) is 8.29. The largest absolute Gasteiger partial charge is 0.497 e. The zero-order valence-corrected chi connectivity index (χ0v) is 10.0. The quantitative estimate of drug-likeness (QED) is 0.815. The lowest BCUT2D eigenvalue weighted by atomic mass is 10.2. The summed E-state index contributed by atoms with van der Waals surface area (Å²) < 4.78 is 6.92. The maximum Gasteiger partial charge on any atom is 0.223 e. The molecule has 3 rings (SSSR count). The fourth-order valence-corrected chi connectivity index (χ4v) is 2.71. The highest BCUT2D eigenvalue weighted by Crippen LogP contribution is 2.31. The summed E-state index contributed by atoms with van der Waals surface area (Å²) in [4.78, 5) is 11.5. The molecule has 0 fully saturated rings. The number of carbonyl (C=O) groups is 1. The molecule has 1 aromatic carbocycles. The van der Waals surface area contributed by atoms with E-state index in [0.29, 0.717) is 5.75 Å². The van der Waals surface area contributed by atoms with Crippen LogP contribution in [0, 0.1) is 0 Å². The van der Waals surface area contributed by atoms with E-state index in [2.05, 4.69) is 5.10 Å². The molecule has 17 heavy (non-hydrogen) atoms. The first-order valence-corrected chi connectivity index (χ1v) is 6.16. The highest BCUT2D eigenvalue weighted by Gasteiger charge is 2.25. The predicted molar refractivity (Wildman–Crippen MR) is 65.7 cm³/mol. The summed E-state index contributed by atoms with van der Waals surface area (Å²) in [6.45, 7) is 0. The Kier molecular flexibility index (Phi) is 2.40. The van der Waals surface area contributed by atoms with E-state index < -0.39 is 0 Å². The van der Waals surface area contributed by atoms with E-state index in [1.54, 1.807) is 13.3 Å². The molecule has 86 valence electrons. The molecule has 2 aromatic rings. The van der Waals surface area contributed by atoms with Gasteiger partial charge in [0, 0.05) is 5.75 Å². The summed E-state index contributed by atoms with van der Waals surface area (Å²) >= 11 is 1.32. The summed E-state index contributed by atoms with van der Waals surface area (Å²) in [5, 5.41) is 4.37. The second kappa shape index (κ2) is 3.92. The molecule has 0 amide bonds. The van der Waals surface area contributed by atoms with E-state index in [-0.39, 0.29) is 5.12 Å². The van der Waals surface area contributed by atoms with E-state index in [4.69, 9.17) is 4.74 Å². The number of fused-ring (bicyclic) bond motifs is 1. The van der Waals surface area contributed by atoms with Crippen LogP contribution in [-0.4, -0.2) is 22.0 Å². The van der Waals surface area contributed by atoms with Crippen molar-refractivity contribution in [2.75, 3.05) is 7.11 Å². The molecular weight excluding hydrogens is 236 g/mol. The van der Waals surface area contributed by atoms with Crippen LogP contribution in [0.2, 0.25) is 0 Å². The maximum atomic E-state index is 11.5. The van der Waals surface area contributed by atoms with Crippen molar-refractivity contribution in [3.05, 3.63) is 41.7 Å². The number of benzene rings is 1. The molecule has 0 spiro atoms. The Balaban J connectivity index is 2.04. The van der Waals surface area contributed by atoms with Gasteiger partial charge in [-0.05, 0) is 24.3 Å². The van der Waals surface area contributed by atoms with E-state index in [0.717, 1.165) is 22.7 Å². The number of carbonyl (C=O) groups excluding carboxylic acids is 1. The Labute approximate surface area is 103 Å². The molecule has 0 saturated carbocycles. The minimum atomic E-state index is 0.111. The Morgan fingerprint density at radius 2 is 2.12 bits per heavy atom. The van der Waals surface area contributed by atoms with Crippen LogP contribution in [0.1, 0.15) is 16.1 Å². The average molecular weight is 246 g/mol. The molecule has 0 radical (unpaired) electrons. The molecule has 5 heteroatoms. The zero-order chi connectivity index (χ0) is 11.8. The summed E-state index contributed by atoms with van der Waals surface area (Å²) in [5.41, 5.74) is 2.65. The van der Waals surface area contributed by atoms with Crippen LogP contribution in [-0.2, 0) is 5.75 Å². The van der Waals surface area contributed by atoms with Gasteiger partial charge in [-0.25, -0.2) is 4.68 Å². The van der Waals surface area contributed by atoms with Crippen molar-refractivity contribution in [2.24, 2.45) is 0 Å². The Morgan fingerprint density at radius 3 is 2.82 bits per heavy atom. The smallest absolute Gasteiger partial charge is 0.223 e. The molecule has 4 nitrogen and oxygen atoms in total. The molecule has 0 bridgehead atoms. The van der Waals surface area contributed by atoms with Crippen LogP contribution in [0.3, 0.4) is 0 Å². The van der Waals surface area contributed by atoms with Crippen molar-refractivity contribution in [3.8, 4) is 11.4 Å². The van der Waals surface area contributed by atoms with Crippen molar-refractivity contribution in [1.29, 1.82) is 0 Å². The SMILES string of the molecule is COc1ccc(-n2ncc3c2CSC3=O)cc1. The molecule has 1 aliphatic rings. The van der Waals surface area contributed by atoms with Gasteiger partial charge in [-0.1, -0.05) is 11.8 Å². The van der Waals surface area contributed by atoms with Crippen LogP contribution in [0.5, 0.6) is 5.75 Å². The zero-order valence-electron chi connectivity index (χ0n) is 9.21. The van der Waals surface area contributed by atoms with Gasteiger partial charge < -0.3 is 4.74 Å². The standard InChI is InChI=1S/C12H10N2O2S/c1-16-9-4-2-8(3-5-9)14-11-7-17-12(15)10(11)6-13-14/h2-6H,7H2,1H3. The van der Waals surface area contributed by atoms with Gasteiger partial charge in [-0.15, -0.1) is 0 Å². The first-order valence-electron chi connectivity index (χ1n) is 5.18. The first kappa shape index (κ1) is 10.4. The predicted octanol–water partition coefficient (Wildman–Crippen LogP) is 2.27. The van der Waals surface area contributed by atoms with Crippen LogP contribution < -0.4 is 4.74 Å². The van der Waals surface area contributed by atoms with E-state index >= 15 is 0 Å². The number of hydrogen-bond donors (Lipinski definition) is 0. The Hall–Kier alpha value is -1.75. The molecular formula is C12H10N2O2S. The highest BCUT2D eigenvalue weighted by atomic mass is 32.2. The van der Waals surface area contributed by atoms with Gasteiger partial charge in [-0.3, -0.25) is 4.79 Å². The number of aromatic nitrogens is 2. The van der Waals surface area contributed by atoms with E-state index in [1.807, 2.05) is 28.9 Å². The van der Waals surface area contributed by atoms with Crippen molar-refractivity contribution < 1.29 is 9.53 Å². The van der Waals surface area contributed by atoms with Crippen molar-refractivity contribution in [3.63, 3.8) is 0 Å². The minimum absolute atomic E-state index is 0.111. The summed E-state index contributed by atoms with van der Waals surface area (Å²) in [7, 11) is 1.63. The molecule has 0 N–H and O–H groups in total. The molecule has 0 unspecified atom stereocenters. The lowest BCUT2D eigenvalue weighted by molar-refractivity contribution is 0.109. The number of hydrogen-bond acceptors (Lipinski definition) is 4. The van der Waals surface area contributed by atoms with Crippen molar-refractivity contribution >= 4 is 16.9 Å². The average Bonchev–Trinajstić information content (AvgIpc) is 2.93. The van der Waals surface area contributed by atoms with E-state index in [1.165, 1.54) is 11.8 Å². The van der Waals surface area contributed by atoms with Gasteiger partial charge in [0.15, 0.2) is 0 Å². The van der Waals surface area contributed by atoms with Gasteiger partial charge in [0.2, 0.25) is 5.12 Å². The molecule has 0 saturated heterocycles. The molecule has 1 aliphatic heterocycles. The molecule has 0 aliphatic carbocycles. The maximum absolute atomic E-state index is 11.5. The number of methoxy groups -OCH3 is 1. The van der Waals surface area contributed by atoms with Gasteiger partial charge in [0.05, 0.1) is 30.3 Å². The fourth-order valence-electron chi connectivity index (χ4n) is 1.84. The molecule has 0 atom stereocenters. The van der Waals surface area contributed by atoms with Crippen LogP contribution in [0.15, 0.2) is 30.5 Å². The second-order valence-electron chi connectivity index (χ2n) is 3.69.